The Kier molecular flexibility index (Phi) is 6.87. The van der Waals surface area contributed by atoms with Gasteiger partial charge >= 0.3 is 18.2 Å². The molecule has 0 radical (unpaired) electrons. The van der Waals surface area contributed by atoms with E-state index in [1.165, 1.54) is 4.90 Å². The van der Waals surface area contributed by atoms with E-state index in [2.05, 4.69) is 4.74 Å². The van der Waals surface area contributed by atoms with Crippen molar-refractivity contribution < 1.29 is 41.7 Å². The number of aryl methyl sites for hydroxylation is 1. The van der Waals surface area contributed by atoms with Crippen LogP contribution in [0.4, 0.5) is 22.4 Å². The summed E-state index contributed by atoms with van der Waals surface area (Å²) in [5.41, 5.74) is -0.0567. The number of nitrogens with zero attached hydrogens (tertiary/aromatic N) is 2. The monoisotopic (exact) mass is 462 g/mol. The van der Waals surface area contributed by atoms with Gasteiger partial charge in [0.15, 0.2) is 17.7 Å². The fourth-order valence-corrected chi connectivity index (χ4v) is 3.38. The smallest absolute Gasteiger partial charge is 0.425 e. The lowest BCUT2D eigenvalue weighted by atomic mass is 10.1. The van der Waals surface area contributed by atoms with Gasteiger partial charge in [-0.3, -0.25) is 9.69 Å². The van der Waals surface area contributed by atoms with Gasteiger partial charge in [-0.15, -0.1) is 0 Å². The molecular formula is C21H26F4N2O5. The lowest BCUT2D eigenvalue weighted by Gasteiger charge is -2.35. The number of rotatable bonds is 7. The van der Waals surface area contributed by atoms with Crippen molar-refractivity contribution in [3.8, 4) is 5.75 Å². The molecule has 1 aromatic rings. The average Bonchev–Trinajstić information content (AvgIpc) is 3.51. The summed E-state index contributed by atoms with van der Waals surface area (Å²) in [5, 5.41) is 9.32. The maximum Gasteiger partial charge on any atom is 0.425 e. The average molecular weight is 462 g/mol. The molecule has 1 aliphatic carbocycles. The molecule has 1 aliphatic heterocycles. The van der Waals surface area contributed by atoms with Gasteiger partial charge in [-0.1, -0.05) is 12.1 Å². The highest BCUT2D eigenvalue weighted by molar-refractivity contribution is 5.78. The second-order valence-electron chi connectivity index (χ2n) is 8.39. The van der Waals surface area contributed by atoms with E-state index >= 15 is 0 Å². The molecule has 1 heterocycles. The van der Waals surface area contributed by atoms with E-state index in [1.54, 1.807) is 19.1 Å². The predicted molar refractivity (Wildman–Crippen MR) is 105 cm³/mol. The number of piperazine rings is 1. The molecule has 7 nitrogen and oxygen atoms in total. The number of aliphatic carboxylic acids is 1. The third kappa shape index (κ3) is 5.43. The summed E-state index contributed by atoms with van der Waals surface area (Å²) in [4.78, 5) is 26.5. The van der Waals surface area contributed by atoms with Crippen molar-refractivity contribution in [1.29, 1.82) is 0 Å². The number of hydrogen-bond acceptors (Lipinski definition) is 5. The van der Waals surface area contributed by atoms with E-state index in [1.807, 2.05) is 4.90 Å². The molecule has 3 rings (SSSR count). The molecule has 32 heavy (non-hydrogen) atoms. The van der Waals surface area contributed by atoms with Crippen LogP contribution in [0.25, 0.3) is 0 Å². The minimum absolute atomic E-state index is 0.0124. The van der Waals surface area contributed by atoms with Crippen LogP contribution in [0.3, 0.4) is 0 Å². The third-order valence-corrected chi connectivity index (χ3v) is 5.93. The van der Waals surface area contributed by atoms with Crippen LogP contribution >= 0.6 is 0 Å². The minimum Gasteiger partial charge on any atom is -0.489 e. The molecule has 1 unspecified atom stereocenters. The van der Waals surface area contributed by atoms with Crippen molar-refractivity contribution in [3.63, 3.8) is 0 Å². The standard InChI is InChI=1S/C21H26F4N2O5/c1-13-3-4-15(17(16(13)22)31-12-20(5-6-20)18(28)29)11-26-7-9-27(10-8-26)19(30)32-14(2)21(23,24)25/h3-4,14H,5-12H2,1-2H3,(H,28,29). The summed E-state index contributed by atoms with van der Waals surface area (Å²) < 4.78 is 62.6. The second-order valence-corrected chi connectivity index (χ2v) is 8.39. The van der Waals surface area contributed by atoms with Gasteiger partial charge in [0.05, 0.1) is 0 Å². The van der Waals surface area contributed by atoms with E-state index in [9.17, 15) is 32.3 Å². The Morgan fingerprint density at radius 1 is 1.19 bits per heavy atom. The normalized spacial score (nSPS) is 19.4. The fraction of sp³-hybridized carbons (Fsp3) is 0.619. The molecule has 0 spiro atoms. The van der Waals surface area contributed by atoms with Crippen LogP contribution in [0, 0.1) is 18.2 Å². The molecule has 1 saturated heterocycles. The minimum atomic E-state index is -4.62. The van der Waals surface area contributed by atoms with E-state index in [-0.39, 0.29) is 32.0 Å². The largest absolute Gasteiger partial charge is 0.489 e. The Labute approximate surface area is 182 Å². The Morgan fingerprint density at radius 3 is 2.34 bits per heavy atom. The molecule has 0 bridgehead atoms. The number of benzene rings is 1. The van der Waals surface area contributed by atoms with Gasteiger partial charge in [0.25, 0.3) is 0 Å². The number of carboxylic acids is 1. The van der Waals surface area contributed by atoms with Gasteiger partial charge in [0.1, 0.15) is 12.0 Å². The lowest BCUT2D eigenvalue weighted by molar-refractivity contribution is -0.200. The first-order valence-corrected chi connectivity index (χ1v) is 10.3. The van der Waals surface area contributed by atoms with Crippen LogP contribution < -0.4 is 4.74 Å². The molecule has 1 atom stereocenters. The topological polar surface area (TPSA) is 79.3 Å². The number of amides is 1. The predicted octanol–water partition coefficient (Wildman–Crippen LogP) is 3.58. The van der Waals surface area contributed by atoms with E-state index < -0.39 is 35.6 Å². The summed E-state index contributed by atoms with van der Waals surface area (Å²) in [6.45, 7) is 3.56. The van der Waals surface area contributed by atoms with Gasteiger partial charge in [-0.2, -0.15) is 13.2 Å². The number of carbonyl (C=O) groups is 2. The number of hydrogen-bond donors (Lipinski definition) is 1. The molecule has 1 saturated carbocycles. The third-order valence-electron chi connectivity index (χ3n) is 5.93. The van der Waals surface area contributed by atoms with E-state index in [0.29, 0.717) is 37.1 Å². The van der Waals surface area contributed by atoms with Crippen molar-refractivity contribution in [2.45, 2.75) is 45.5 Å². The molecule has 1 amide bonds. The van der Waals surface area contributed by atoms with Gasteiger partial charge in [-0.05, 0) is 32.3 Å². The van der Waals surface area contributed by atoms with Crippen LogP contribution in [0.15, 0.2) is 12.1 Å². The zero-order valence-electron chi connectivity index (χ0n) is 17.9. The Balaban J connectivity index is 1.59. The maximum atomic E-state index is 14.7. The van der Waals surface area contributed by atoms with Crippen molar-refractivity contribution >= 4 is 12.1 Å². The van der Waals surface area contributed by atoms with Gasteiger partial charge in [0.2, 0.25) is 0 Å². The molecule has 178 valence electrons. The van der Waals surface area contributed by atoms with Crippen molar-refractivity contribution in [3.05, 3.63) is 29.1 Å². The highest BCUT2D eigenvalue weighted by Crippen LogP contribution is 2.46. The highest BCUT2D eigenvalue weighted by atomic mass is 19.4. The van der Waals surface area contributed by atoms with Crippen LogP contribution in [-0.2, 0) is 16.1 Å². The molecule has 2 aliphatic rings. The number of ether oxygens (including phenoxy) is 2. The van der Waals surface area contributed by atoms with Crippen molar-refractivity contribution in [1.82, 2.24) is 9.80 Å². The second kappa shape index (κ2) is 9.13. The number of carboxylic acid groups (broad SMARTS) is 1. The zero-order chi connectivity index (χ0) is 23.7. The molecule has 0 aromatic heterocycles. The first-order chi connectivity index (χ1) is 14.9. The number of halogens is 4. The molecule has 1 aromatic carbocycles. The van der Waals surface area contributed by atoms with Gasteiger partial charge in [0, 0.05) is 38.3 Å². The molecular weight excluding hydrogens is 436 g/mol. The van der Waals surface area contributed by atoms with E-state index in [4.69, 9.17) is 4.74 Å². The van der Waals surface area contributed by atoms with Crippen molar-refractivity contribution in [2.75, 3.05) is 32.8 Å². The quantitative estimate of drug-likeness (QED) is 0.624. The first-order valence-electron chi connectivity index (χ1n) is 10.3. The summed E-state index contributed by atoms with van der Waals surface area (Å²) in [6.07, 6.45) is -6.87. The highest BCUT2D eigenvalue weighted by Gasteiger charge is 2.51. The first kappa shape index (κ1) is 24.1. The lowest BCUT2D eigenvalue weighted by Crippen LogP contribution is -2.49. The summed E-state index contributed by atoms with van der Waals surface area (Å²) >= 11 is 0. The SMILES string of the molecule is Cc1ccc(CN2CCN(C(=O)OC(C)C(F)(F)F)CC2)c(OCC2(C(=O)O)CC2)c1F. The summed E-state index contributed by atoms with van der Waals surface area (Å²) in [6, 6.07) is 3.31. The molecule has 2 fully saturated rings. The molecule has 11 heteroatoms. The van der Waals surface area contributed by atoms with Gasteiger partial charge < -0.3 is 19.5 Å². The Hall–Kier alpha value is -2.56. The summed E-state index contributed by atoms with van der Waals surface area (Å²) in [7, 11) is 0. The fourth-order valence-electron chi connectivity index (χ4n) is 3.38. The number of carbonyl (C=O) groups excluding carboxylic acids is 1. The number of alkyl halides is 3. The van der Waals surface area contributed by atoms with Crippen LogP contribution in [0.2, 0.25) is 0 Å². The van der Waals surface area contributed by atoms with Crippen LogP contribution in [0.5, 0.6) is 5.75 Å². The van der Waals surface area contributed by atoms with Crippen LogP contribution in [0.1, 0.15) is 30.9 Å². The Morgan fingerprint density at radius 2 is 1.81 bits per heavy atom. The van der Waals surface area contributed by atoms with E-state index in [0.717, 1.165) is 6.92 Å². The summed E-state index contributed by atoms with van der Waals surface area (Å²) in [5.74, 6) is -1.50. The van der Waals surface area contributed by atoms with Crippen LogP contribution in [-0.4, -0.2) is 72.0 Å². The Bertz CT molecular complexity index is 864. The molecule has 1 N–H and O–H groups in total. The maximum absolute atomic E-state index is 14.7. The zero-order valence-corrected chi connectivity index (χ0v) is 17.9. The van der Waals surface area contributed by atoms with Crippen molar-refractivity contribution in [2.24, 2.45) is 5.41 Å². The van der Waals surface area contributed by atoms with Gasteiger partial charge in [-0.25, -0.2) is 9.18 Å².